The summed E-state index contributed by atoms with van der Waals surface area (Å²) >= 11 is 0. The lowest BCUT2D eigenvalue weighted by atomic mass is 10.2. The van der Waals surface area contributed by atoms with Crippen LogP contribution < -0.4 is 16.2 Å². The third-order valence-corrected chi connectivity index (χ3v) is 3.81. The SMILES string of the molecule is COCCN(c1cc(NN)nc(COC)n1)C(C)C1CC1. The van der Waals surface area contributed by atoms with E-state index in [9.17, 15) is 0 Å². The molecule has 21 heavy (non-hydrogen) atoms. The van der Waals surface area contributed by atoms with Gasteiger partial charge < -0.3 is 19.8 Å². The number of hydrogen-bond donors (Lipinski definition) is 2. The molecule has 1 saturated carbocycles. The Morgan fingerprint density at radius 3 is 2.71 bits per heavy atom. The number of nitrogens with one attached hydrogen (secondary N) is 1. The van der Waals surface area contributed by atoms with Crippen molar-refractivity contribution < 1.29 is 9.47 Å². The zero-order valence-corrected chi connectivity index (χ0v) is 13.0. The van der Waals surface area contributed by atoms with Crippen molar-refractivity contribution in [2.24, 2.45) is 11.8 Å². The second-order valence-electron chi connectivity index (χ2n) is 5.37. The lowest BCUT2D eigenvalue weighted by Crippen LogP contribution is -2.38. The number of methoxy groups -OCH3 is 2. The first-order chi connectivity index (χ1) is 10.2. The van der Waals surface area contributed by atoms with Crippen LogP contribution in [-0.4, -0.2) is 43.4 Å². The van der Waals surface area contributed by atoms with Gasteiger partial charge in [0.15, 0.2) is 5.82 Å². The molecular weight excluding hydrogens is 270 g/mol. The maximum atomic E-state index is 5.51. The summed E-state index contributed by atoms with van der Waals surface area (Å²) in [5, 5.41) is 0. The summed E-state index contributed by atoms with van der Waals surface area (Å²) in [6, 6.07) is 2.30. The molecule has 0 bridgehead atoms. The van der Waals surface area contributed by atoms with E-state index in [1.54, 1.807) is 14.2 Å². The molecule has 0 spiro atoms. The number of rotatable bonds is 9. The van der Waals surface area contributed by atoms with Crippen LogP contribution in [0.3, 0.4) is 0 Å². The van der Waals surface area contributed by atoms with E-state index in [2.05, 4.69) is 27.2 Å². The standard InChI is InChI=1S/C14H25N5O2/c1-10(11-4-5-11)19(6-7-20-2)14-8-12(18-15)16-13(17-14)9-21-3/h8,10-11H,4-7,9,15H2,1-3H3,(H,16,17,18). The molecule has 1 atom stereocenters. The van der Waals surface area contributed by atoms with Crippen molar-refractivity contribution in [2.75, 3.05) is 37.7 Å². The number of ether oxygens (including phenoxy) is 2. The highest BCUT2D eigenvalue weighted by molar-refractivity contribution is 5.49. The second-order valence-corrected chi connectivity index (χ2v) is 5.37. The molecule has 0 radical (unpaired) electrons. The van der Waals surface area contributed by atoms with Gasteiger partial charge in [-0.2, -0.15) is 0 Å². The number of hydrazine groups is 1. The Labute approximate surface area is 125 Å². The van der Waals surface area contributed by atoms with Crippen LogP contribution in [0.4, 0.5) is 11.6 Å². The van der Waals surface area contributed by atoms with Crippen LogP contribution in [0.5, 0.6) is 0 Å². The Kier molecular flexibility index (Phi) is 5.72. The molecule has 118 valence electrons. The third-order valence-electron chi connectivity index (χ3n) is 3.81. The molecule has 1 heterocycles. The first-order valence-electron chi connectivity index (χ1n) is 7.28. The van der Waals surface area contributed by atoms with Gasteiger partial charge in [0.25, 0.3) is 0 Å². The average Bonchev–Trinajstić information content (AvgIpc) is 3.32. The molecule has 1 unspecified atom stereocenters. The summed E-state index contributed by atoms with van der Waals surface area (Å²) in [4.78, 5) is 11.2. The Bertz CT molecular complexity index is 453. The van der Waals surface area contributed by atoms with E-state index in [0.717, 1.165) is 18.3 Å². The van der Waals surface area contributed by atoms with Gasteiger partial charge in [0, 0.05) is 32.9 Å². The summed E-state index contributed by atoms with van der Waals surface area (Å²) in [5.74, 6) is 8.32. The van der Waals surface area contributed by atoms with Crippen molar-refractivity contribution in [3.05, 3.63) is 11.9 Å². The van der Waals surface area contributed by atoms with Crippen molar-refractivity contribution in [2.45, 2.75) is 32.4 Å². The largest absolute Gasteiger partial charge is 0.383 e. The highest BCUT2D eigenvalue weighted by Gasteiger charge is 2.32. The first kappa shape index (κ1) is 15.9. The molecule has 1 fully saturated rings. The van der Waals surface area contributed by atoms with Gasteiger partial charge in [0.05, 0.1) is 6.61 Å². The summed E-state index contributed by atoms with van der Waals surface area (Å²) in [7, 11) is 3.34. The van der Waals surface area contributed by atoms with Crippen LogP contribution in [0, 0.1) is 5.92 Å². The van der Waals surface area contributed by atoms with Gasteiger partial charge in [-0.1, -0.05) is 0 Å². The fourth-order valence-electron chi connectivity index (χ4n) is 2.45. The normalized spacial score (nSPS) is 15.8. The Morgan fingerprint density at radius 1 is 1.38 bits per heavy atom. The van der Waals surface area contributed by atoms with Crippen molar-refractivity contribution >= 4 is 11.6 Å². The summed E-state index contributed by atoms with van der Waals surface area (Å²) < 4.78 is 10.4. The lowest BCUT2D eigenvalue weighted by molar-refractivity contribution is 0.177. The minimum atomic E-state index is 0.360. The van der Waals surface area contributed by atoms with E-state index in [0.29, 0.717) is 30.9 Å². The molecule has 1 aliphatic rings. The van der Waals surface area contributed by atoms with Crippen molar-refractivity contribution in [3.8, 4) is 0 Å². The molecule has 1 aromatic rings. The maximum Gasteiger partial charge on any atom is 0.158 e. The van der Waals surface area contributed by atoms with E-state index in [1.807, 2.05) is 6.07 Å². The summed E-state index contributed by atoms with van der Waals surface area (Å²) in [6.07, 6.45) is 2.56. The van der Waals surface area contributed by atoms with Crippen LogP contribution in [0.2, 0.25) is 0 Å². The van der Waals surface area contributed by atoms with Crippen LogP contribution in [0.1, 0.15) is 25.6 Å². The minimum absolute atomic E-state index is 0.360. The zero-order valence-electron chi connectivity index (χ0n) is 13.0. The molecule has 7 nitrogen and oxygen atoms in total. The van der Waals surface area contributed by atoms with E-state index in [1.165, 1.54) is 12.8 Å². The molecule has 0 aliphatic heterocycles. The monoisotopic (exact) mass is 295 g/mol. The number of nitrogens with zero attached hydrogens (tertiary/aromatic N) is 3. The highest BCUT2D eigenvalue weighted by atomic mass is 16.5. The highest BCUT2D eigenvalue weighted by Crippen LogP contribution is 2.36. The van der Waals surface area contributed by atoms with Crippen molar-refractivity contribution in [1.82, 2.24) is 9.97 Å². The van der Waals surface area contributed by atoms with E-state index >= 15 is 0 Å². The Hall–Kier alpha value is -1.44. The van der Waals surface area contributed by atoms with E-state index in [4.69, 9.17) is 15.3 Å². The van der Waals surface area contributed by atoms with Crippen molar-refractivity contribution in [3.63, 3.8) is 0 Å². The number of anilines is 2. The Balaban J connectivity index is 2.25. The fraction of sp³-hybridized carbons (Fsp3) is 0.714. The van der Waals surface area contributed by atoms with Gasteiger partial charge >= 0.3 is 0 Å². The molecule has 0 saturated heterocycles. The summed E-state index contributed by atoms with van der Waals surface area (Å²) in [6.45, 7) is 4.05. The summed E-state index contributed by atoms with van der Waals surface area (Å²) in [5.41, 5.74) is 2.60. The zero-order chi connectivity index (χ0) is 15.2. The molecule has 1 aromatic heterocycles. The topological polar surface area (TPSA) is 85.5 Å². The van der Waals surface area contributed by atoms with E-state index in [-0.39, 0.29) is 0 Å². The molecule has 3 N–H and O–H groups in total. The Morgan fingerprint density at radius 2 is 2.14 bits per heavy atom. The molecular formula is C14H25N5O2. The van der Waals surface area contributed by atoms with Gasteiger partial charge in [-0.05, 0) is 25.7 Å². The van der Waals surface area contributed by atoms with Crippen LogP contribution >= 0.6 is 0 Å². The molecule has 2 rings (SSSR count). The van der Waals surface area contributed by atoms with Crippen LogP contribution in [-0.2, 0) is 16.1 Å². The smallest absolute Gasteiger partial charge is 0.158 e. The minimum Gasteiger partial charge on any atom is -0.383 e. The third kappa shape index (κ3) is 4.26. The first-order valence-corrected chi connectivity index (χ1v) is 7.28. The molecule has 0 aromatic carbocycles. The quantitative estimate of drug-likeness (QED) is 0.522. The predicted octanol–water partition coefficient (Wildman–Crippen LogP) is 1.16. The van der Waals surface area contributed by atoms with E-state index < -0.39 is 0 Å². The molecule has 0 amide bonds. The number of aromatic nitrogens is 2. The number of hydrogen-bond acceptors (Lipinski definition) is 7. The number of nitrogen functional groups attached to an aromatic ring is 1. The van der Waals surface area contributed by atoms with Crippen LogP contribution in [0.25, 0.3) is 0 Å². The van der Waals surface area contributed by atoms with Gasteiger partial charge in [-0.15, -0.1) is 0 Å². The molecule has 7 heteroatoms. The fourth-order valence-corrected chi connectivity index (χ4v) is 2.45. The van der Waals surface area contributed by atoms with Gasteiger partial charge in [-0.3, -0.25) is 0 Å². The van der Waals surface area contributed by atoms with Crippen molar-refractivity contribution in [1.29, 1.82) is 0 Å². The van der Waals surface area contributed by atoms with Crippen LogP contribution in [0.15, 0.2) is 6.07 Å². The average molecular weight is 295 g/mol. The maximum absolute atomic E-state index is 5.51. The second kappa shape index (κ2) is 7.53. The van der Waals surface area contributed by atoms with Gasteiger partial charge in [0.1, 0.15) is 18.2 Å². The van der Waals surface area contributed by atoms with Gasteiger partial charge in [-0.25, -0.2) is 15.8 Å². The van der Waals surface area contributed by atoms with Gasteiger partial charge in [0.2, 0.25) is 0 Å². The predicted molar refractivity (Wildman–Crippen MR) is 82.0 cm³/mol. The number of nitrogens with two attached hydrogens (primary N) is 1. The lowest BCUT2D eigenvalue weighted by Gasteiger charge is -2.30. The molecule has 1 aliphatic carbocycles.